The van der Waals surface area contributed by atoms with E-state index in [0.29, 0.717) is 5.25 Å². The van der Waals surface area contributed by atoms with Gasteiger partial charge in [-0.2, -0.15) is 11.8 Å². The minimum absolute atomic E-state index is 0.669. The topological polar surface area (TPSA) is 0 Å². The fourth-order valence-electron chi connectivity index (χ4n) is 1.97. The highest BCUT2D eigenvalue weighted by atomic mass is 32.2. The molecule has 0 aromatic heterocycles. The van der Waals surface area contributed by atoms with Crippen molar-refractivity contribution in [3.05, 3.63) is 35.9 Å². The summed E-state index contributed by atoms with van der Waals surface area (Å²) in [4.78, 5) is 0. The molecule has 2 rings (SSSR count). The molecule has 2 heteroatoms. The minimum atomic E-state index is 0.669. The van der Waals surface area contributed by atoms with Crippen molar-refractivity contribution in [2.24, 2.45) is 0 Å². The molecule has 1 aromatic carbocycles. The number of hydrogen-bond donors (Lipinski definition) is 0. The summed E-state index contributed by atoms with van der Waals surface area (Å²) in [5.41, 5.74) is 1.49. The van der Waals surface area contributed by atoms with Crippen molar-refractivity contribution < 1.29 is 0 Å². The average molecular weight is 238 g/mol. The van der Waals surface area contributed by atoms with Crippen molar-refractivity contribution >= 4 is 23.5 Å². The van der Waals surface area contributed by atoms with Gasteiger partial charge in [0.2, 0.25) is 0 Å². The van der Waals surface area contributed by atoms with E-state index in [-0.39, 0.29) is 0 Å². The zero-order chi connectivity index (χ0) is 10.8. The van der Waals surface area contributed by atoms with Crippen LogP contribution in [0.25, 0.3) is 0 Å². The summed E-state index contributed by atoms with van der Waals surface area (Å²) in [5, 5.41) is 2.94. The van der Waals surface area contributed by atoms with E-state index in [1.165, 1.54) is 5.56 Å². The van der Waals surface area contributed by atoms with Crippen LogP contribution in [0.2, 0.25) is 0 Å². The molecule has 0 amide bonds. The molecule has 4 atom stereocenters. The van der Waals surface area contributed by atoms with Crippen molar-refractivity contribution in [1.82, 2.24) is 0 Å². The molecular formula is C13H18S2. The van der Waals surface area contributed by atoms with Crippen LogP contribution in [0, 0.1) is 0 Å². The molecule has 1 fully saturated rings. The lowest BCUT2D eigenvalue weighted by Gasteiger charge is -2.36. The van der Waals surface area contributed by atoms with Gasteiger partial charge in [0.25, 0.3) is 0 Å². The summed E-state index contributed by atoms with van der Waals surface area (Å²) in [6.45, 7) is 7.06. The van der Waals surface area contributed by atoms with Crippen molar-refractivity contribution in [2.75, 3.05) is 0 Å². The molecule has 0 spiro atoms. The zero-order valence-electron chi connectivity index (χ0n) is 9.51. The van der Waals surface area contributed by atoms with Crippen LogP contribution in [0.4, 0.5) is 0 Å². The van der Waals surface area contributed by atoms with Crippen LogP contribution in [0.5, 0.6) is 0 Å². The number of benzene rings is 1. The Balaban J connectivity index is 2.16. The summed E-state index contributed by atoms with van der Waals surface area (Å²) in [6, 6.07) is 10.9. The van der Waals surface area contributed by atoms with Crippen LogP contribution in [-0.4, -0.2) is 15.7 Å². The molecule has 1 aliphatic heterocycles. The molecule has 2 unspecified atom stereocenters. The molecule has 0 saturated carbocycles. The zero-order valence-corrected chi connectivity index (χ0v) is 11.1. The summed E-state index contributed by atoms with van der Waals surface area (Å²) >= 11 is 4.27. The molecule has 0 radical (unpaired) electrons. The Morgan fingerprint density at radius 3 is 2.07 bits per heavy atom. The van der Waals surface area contributed by atoms with Crippen LogP contribution in [0.15, 0.2) is 30.3 Å². The molecule has 0 bridgehead atoms. The number of thioether (sulfide) groups is 2. The molecule has 0 nitrogen and oxygen atoms in total. The lowest BCUT2D eigenvalue weighted by atomic mass is 10.1. The van der Waals surface area contributed by atoms with Gasteiger partial charge in [0.15, 0.2) is 0 Å². The van der Waals surface area contributed by atoms with Crippen LogP contribution in [-0.2, 0) is 0 Å². The van der Waals surface area contributed by atoms with Gasteiger partial charge in [-0.3, -0.25) is 0 Å². The fraction of sp³-hybridized carbons (Fsp3) is 0.538. The smallest absolute Gasteiger partial charge is 0.0416 e. The Hall–Kier alpha value is -0.0800. The van der Waals surface area contributed by atoms with E-state index in [4.69, 9.17) is 0 Å². The van der Waals surface area contributed by atoms with Gasteiger partial charge in [-0.05, 0) is 5.56 Å². The molecule has 1 aliphatic rings. The normalized spacial score (nSPS) is 36.5. The second-order valence-electron chi connectivity index (χ2n) is 4.22. The second-order valence-corrected chi connectivity index (χ2v) is 7.50. The molecule has 0 aliphatic carbocycles. The largest absolute Gasteiger partial charge is 0.153 e. The van der Waals surface area contributed by atoms with E-state index < -0.39 is 0 Å². The van der Waals surface area contributed by atoms with E-state index in [9.17, 15) is 0 Å². The SMILES string of the molecule is CC1S[C@@H](C)[C@H](C)SC1c1ccccc1. The van der Waals surface area contributed by atoms with Crippen LogP contribution in [0.3, 0.4) is 0 Å². The first-order valence-electron chi connectivity index (χ1n) is 5.54. The average Bonchev–Trinajstić information content (AvgIpc) is 2.25. The molecule has 1 aromatic rings. The van der Waals surface area contributed by atoms with E-state index in [0.717, 1.165) is 15.7 Å². The van der Waals surface area contributed by atoms with Gasteiger partial charge in [-0.15, -0.1) is 11.8 Å². The highest BCUT2D eigenvalue weighted by Crippen LogP contribution is 2.48. The van der Waals surface area contributed by atoms with Gasteiger partial charge in [-0.1, -0.05) is 51.1 Å². The van der Waals surface area contributed by atoms with Gasteiger partial charge >= 0.3 is 0 Å². The first-order valence-corrected chi connectivity index (χ1v) is 7.43. The summed E-state index contributed by atoms with van der Waals surface area (Å²) in [6.07, 6.45) is 0. The van der Waals surface area contributed by atoms with E-state index >= 15 is 0 Å². The Kier molecular flexibility index (Phi) is 3.68. The van der Waals surface area contributed by atoms with Gasteiger partial charge in [0, 0.05) is 21.0 Å². The first kappa shape index (κ1) is 11.4. The Labute approximate surface area is 101 Å². The maximum absolute atomic E-state index is 2.36. The van der Waals surface area contributed by atoms with E-state index in [2.05, 4.69) is 74.6 Å². The first-order chi connectivity index (χ1) is 7.18. The van der Waals surface area contributed by atoms with Gasteiger partial charge in [0.1, 0.15) is 0 Å². The standard InChI is InChI=1S/C13H18S2/c1-9-10(2)15-13(11(3)14-9)12-7-5-4-6-8-12/h4-11,13H,1-3H3/t9-,10-,11?,13?/m0/s1. The van der Waals surface area contributed by atoms with Crippen molar-refractivity contribution in [3.63, 3.8) is 0 Å². The predicted octanol–water partition coefficient (Wildman–Crippen LogP) is 4.37. The molecular weight excluding hydrogens is 220 g/mol. The van der Waals surface area contributed by atoms with Crippen LogP contribution in [0.1, 0.15) is 31.6 Å². The summed E-state index contributed by atoms with van der Waals surface area (Å²) in [5.74, 6) is 0. The summed E-state index contributed by atoms with van der Waals surface area (Å²) < 4.78 is 0. The molecule has 15 heavy (non-hydrogen) atoms. The maximum atomic E-state index is 2.36. The molecule has 0 N–H and O–H groups in total. The minimum Gasteiger partial charge on any atom is -0.153 e. The lowest BCUT2D eigenvalue weighted by Crippen LogP contribution is -2.27. The number of rotatable bonds is 1. The highest BCUT2D eigenvalue weighted by molar-refractivity contribution is 8.07. The monoisotopic (exact) mass is 238 g/mol. The third-order valence-corrected chi connectivity index (χ3v) is 6.70. The van der Waals surface area contributed by atoms with Gasteiger partial charge in [0.05, 0.1) is 0 Å². The Bertz CT molecular complexity index is 310. The molecule has 82 valence electrons. The Morgan fingerprint density at radius 1 is 0.800 bits per heavy atom. The van der Waals surface area contributed by atoms with Crippen LogP contribution >= 0.6 is 23.5 Å². The lowest BCUT2D eigenvalue weighted by molar-refractivity contribution is 0.830. The van der Waals surface area contributed by atoms with Crippen LogP contribution < -0.4 is 0 Å². The number of hydrogen-bond acceptors (Lipinski definition) is 2. The van der Waals surface area contributed by atoms with Gasteiger partial charge < -0.3 is 0 Å². The quantitative estimate of drug-likeness (QED) is 0.712. The van der Waals surface area contributed by atoms with E-state index in [1.54, 1.807) is 0 Å². The predicted molar refractivity (Wildman–Crippen MR) is 72.8 cm³/mol. The third kappa shape index (κ3) is 2.54. The highest BCUT2D eigenvalue weighted by Gasteiger charge is 2.32. The maximum Gasteiger partial charge on any atom is 0.0416 e. The summed E-state index contributed by atoms with van der Waals surface area (Å²) in [7, 11) is 0. The van der Waals surface area contributed by atoms with Crippen molar-refractivity contribution in [3.8, 4) is 0 Å². The second kappa shape index (κ2) is 4.84. The molecule has 1 saturated heterocycles. The van der Waals surface area contributed by atoms with Crippen molar-refractivity contribution in [2.45, 2.75) is 41.8 Å². The Morgan fingerprint density at radius 2 is 1.40 bits per heavy atom. The third-order valence-electron chi connectivity index (χ3n) is 3.01. The molecule has 1 heterocycles. The van der Waals surface area contributed by atoms with Crippen molar-refractivity contribution in [1.29, 1.82) is 0 Å². The fourth-order valence-corrected chi connectivity index (χ4v) is 5.15. The van der Waals surface area contributed by atoms with E-state index in [1.807, 2.05) is 0 Å². The van der Waals surface area contributed by atoms with Gasteiger partial charge in [-0.25, -0.2) is 0 Å².